The predicted octanol–water partition coefficient (Wildman–Crippen LogP) is 2.64. The van der Waals surface area contributed by atoms with Gasteiger partial charge in [0.1, 0.15) is 6.29 Å². The van der Waals surface area contributed by atoms with Gasteiger partial charge in [-0.1, -0.05) is 25.5 Å². The van der Waals surface area contributed by atoms with E-state index in [1.807, 2.05) is 0 Å². The summed E-state index contributed by atoms with van der Waals surface area (Å²) in [6.07, 6.45) is 10.8. The van der Waals surface area contributed by atoms with E-state index in [2.05, 4.69) is 31.0 Å². The van der Waals surface area contributed by atoms with Crippen LogP contribution in [0.3, 0.4) is 0 Å². The van der Waals surface area contributed by atoms with Crippen molar-refractivity contribution in [2.45, 2.75) is 39.0 Å². The van der Waals surface area contributed by atoms with Crippen molar-refractivity contribution in [2.24, 2.45) is 0 Å². The van der Waals surface area contributed by atoms with Crippen molar-refractivity contribution in [3.05, 3.63) is 12.2 Å². The monoisotopic (exact) mass is 197 g/mol. The number of hydrogen-bond acceptors (Lipinski definition) is 2. The number of likely N-dealkylation sites (N-methyl/N-ethyl adjacent to an activating group) is 1. The van der Waals surface area contributed by atoms with Crippen molar-refractivity contribution in [3.8, 4) is 0 Å². The Kier molecular flexibility index (Phi) is 9.98. The summed E-state index contributed by atoms with van der Waals surface area (Å²) in [5.41, 5.74) is 0. The van der Waals surface area contributed by atoms with Crippen molar-refractivity contribution in [1.29, 1.82) is 0 Å². The first kappa shape index (κ1) is 13.4. The van der Waals surface area contributed by atoms with Crippen molar-refractivity contribution >= 4 is 6.29 Å². The van der Waals surface area contributed by atoms with E-state index in [0.717, 1.165) is 38.6 Å². The van der Waals surface area contributed by atoms with Crippen molar-refractivity contribution in [1.82, 2.24) is 4.90 Å². The highest BCUT2D eigenvalue weighted by Crippen LogP contribution is 2.02. The van der Waals surface area contributed by atoms with Gasteiger partial charge in [-0.2, -0.15) is 0 Å². The zero-order valence-electron chi connectivity index (χ0n) is 9.54. The largest absolute Gasteiger partial charge is 0.303 e. The molecular formula is C12H23NO. The van der Waals surface area contributed by atoms with Crippen LogP contribution in [-0.2, 0) is 4.79 Å². The highest BCUT2D eigenvalue weighted by Gasteiger charge is 1.88. The van der Waals surface area contributed by atoms with Crippen molar-refractivity contribution in [3.63, 3.8) is 0 Å². The third-order valence-electron chi connectivity index (χ3n) is 2.32. The molecular weight excluding hydrogens is 174 g/mol. The van der Waals surface area contributed by atoms with E-state index in [9.17, 15) is 4.79 Å². The quantitative estimate of drug-likeness (QED) is 0.322. The molecule has 14 heavy (non-hydrogen) atoms. The molecule has 0 heterocycles. The lowest BCUT2D eigenvalue weighted by atomic mass is 10.1. The molecule has 0 aliphatic rings. The van der Waals surface area contributed by atoms with Gasteiger partial charge < -0.3 is 9.69 Å². The summed E-state index contributed by atoms with van der Waals surface area (Å²) in [5, 5.41) is 0. The minimum atomic E-state index is 0.724. The molecule has 0 saturated heterocycles. The molecule has 0 atom stereocenters. The van der Waals surface area contributed by atoms with E-state index in [0.29, 0.717) is 0 Å². The number of hydrogen-bond donors (Lipinski definition) is 0. The SMILES string of the molecule is CCN(C)CC=CCCCCCC=O. The number of carbonyl (C=O) groups excluding carboxylic acids is 1. The van der Waals surface area contributed by atoms with Gasteiger partial charge in [-0.05, 0) is 32.9 Å². The van der Waals surface area contributed by atoms with Crippen LogP contribution < -0.4 is 0 Å². The van der Waals surface area contributed by atoms with Crippen LogP contribution in [0.15, 0.2) is 12.2 Å². The van der Waals surface area contributed by atoms with Gasteiger partial charge in [0.25, 0.3) is 0 Å². The van der Waals surface area contributed by atoms with E-state index in [-0.39, 0.29) is 0 Å². The summed E-state index contributed by atoms with van der Waals surface area (Å²) in [6, 6.07) is 0. The standard InChI is InChI=1S/C12H23NO/c1-3-13(2)11-9-7-5-4-6-8-10-12-14/h7,9,12H,3-6,8,10-11H2,1-2H3. The average molecular weight is 197 g/mol. The van der Waals surface area contributed by atoms with Crippen molar-refractivity contribution in [2.75, 3.05) is 20.1 Å². The van der Waals surface area contributed by atoms with E-state index in [1.54, 1.807) is 0 Å². The Morgan fingerprint density at radius 1 is 1.07 bits per heavy atom. The number of unbranched alkanes of at least 4 members (excludes halogenated alkanes) is 4. The average Bonchev–Trinajstić information content (AvgIpc) is 2.21. The Labute approximate surface area is 88.0 Å². The zero-order chi connectivity index (χ0) is 10.6. The second-order valence-corrected chi connectivity index (χ2v) is 3.63. The third-order valence-corrected chi connectivity index (χ3v) is 2.32. The van der Waals surface area contributed by atoms with Crippen molar-refractivity contribution < 1.29 is 4.79 Å². The fraction of sp³-hybridized carbons (Fsp3) is 0.750. The fourth-order valence-electron chi connectivity index (χ4n) is 1.17. The first-order chi connectivity index (χ1) is 6.81. The van der Waals surface area contributed by atoms with Gasteiger partial charge in [-0.3, -0.25) is 0 Å². The summed E-state index contributed by atoms with van der Waals surface area (Å²) in [5.74, 6) is 0. The Bertz CT molecular complexity index is 154. The van der Waals surface area contributed by atoms with Crippen LogP contribution in [0.25, 0.3) is 0 Å². The lowest BCUT2D eigenvalue weighted by Gasteiger charge is -2.09. The van der Waals surface area contributed by atoms with Crippen LogP contribution in [0.2, 0.25) is 0 Å². The minimum absolute atomic E-state index is 0.724. The summed E-state index contributed by atoms with van der Waals surface area (Å²) < 4.78 is 0. The van der Waals surface area contributed by atoms with Crippen LogP contribution in [0.4, 0.5) is 0 Å². The fourth-order valence-corrected chi connectivity index (χ4v) is 1.17. The summed E-state index contributed by atoms with van der Waals surface area (Å²) in [6.45, 7) is 4.31. The van der Waals surface area contributed by atoms with Gasteiger partial charge in [-0.25, -0.2) is 0 Å². The molecule has 0 spiro atoms. The molecule has 0 rings (SSSR count). The Hall–Kier alpha value is -0.630. The molecule has 0 fully saturated rings. The lowest BCUT2D eigenvalue weighted by Crippen LogP contribution is -2.16. The van der Waals surface area contributed by atoms with E-state index < -0.39 is 0 Å². The first-order valence-corrected chi connectivity index (χ1v) is 5.58. The van der Waals surface area contributed by atoms with Crippen LogP contribution >= 0.6 is 0 Å². The molecule has 0 aromatic rings. The number of carbonyl (C=O) groups is 1. The van der Waals surface area contributed by atoms with Crippen LogP contribution in [0, 0.1) is 0 Å². The first-order valence-electron chi connectivity index (χ1n) is 5.58. The molecule has 2 nitrogen and oxygen atoms in total. The lowest BCUT2D eigenvalue weighted by molar-refractivity contribution is -0.107. The van der Waals surface area contributed by atoms with Crippen LogP contribution in [0.5, 0.6) is 0 Å². The minimum Gasteiger partial charge on any atom is -0.303 e. The number of aldehydes is 1. The molecule has 0 N–H and O–H groups in total. The van der Waals surface area contributed by atoms with Gasteiger partial charge >= 0.3 is 0 Å². The smallest absolute Gasteiger partial charge is 0.119 e. The van der Waals surface area contributed by atoms with E-state index >= 15 is 0 Å². The molecule has 0 saturated carbocycles. The molecule has 0 amide bonds. The molecule has 0 radical (unpaired) electrons. The van der Waals surface area contributed by atoms with Gasteiger partial charge in [0.2, 0.25) is 0 Å². The molecule has 0 aromatic heterocycles. The second kappa shape index (κ2) is 10.5. The number of rotatable bonds is 9. The maximum absolute atomic E-state index is 10.0. The Morgan fingerprint density at radius 3 is 2.43 bits per heavy atom. The second-order valence-electron chi connectivity index (χ2n) is 3.63. The normalized spacial score (nSPS) is 11.4. The van der Waals surface area contributed by atoms with Gasteiger partial charge in [-0.15, -0.1) is 0 Å². The van der Waals surface area contributed by atoms with Crippen LogP contribution in [-0.4, -0.2) is 31.3 Å². The topological polar surface area (TPSA) is 20.3 Å². The molecule has 0 aliphatic carbocycles. The maximum Gasteiger partial charge on any atom is 0.119 e. The summed E-state index contributed by atoms with van der Waals surface area (Å²) >= 11 is 0. The molecule has 0 unspecified atom stereocenters. The van der Waals surface area contributed by atoms with E-state index in [1.165, 1.54) is 12.8 Å². The van der Waals surface area contributed by atoms with Gasteiger partial charge in [0.05, 0.1) is 0 Å². The molecule has 0 aliphatic heterocycles. The maximum atomic E-state index is 10.0. The molecule has 2 heteroatoms. The Morgan fingerprint density at radius 2 is 1.79 bits per heavy atom. The molecule has 0 aromatic carbocycles. The Balaban J connectivity index is 3.14. The summed E-state index contributed by atoms with van der Waals surface area (Å²) in [4.78, 5) is 12.3. The van der Waals surface area contributed by atoms with E-state index in [4.69, 9.17) is 0 Å². The predicted molar refractivity (Wildman–Crippen MR) is 61.5 cm³/mol. The van der Waals surface area contributed by atoms with Gasteiger partial charge in [0, 0.05) is 13.0 Å². The highest BCUT2D eigenvalue weighted by molar-refractivity contribution is 5.48. The molecule has 82 valence electrons. The highest BCUT2D eigenvalue weighted by atomic mass is 16.1. The third kappa shape index (κ3) is 9.46. The van der Waals surface area contributed by atoms with Crippen LogP contribution in [0.1, 0.15) is 39.0 Å². The molecule has 0 bridgehead atoms. The van der Waals surface area contributed by atoms with Gasteiger partial charge in [0.15, 0.2) is 0 Å². The zero-order valence-corrected chi connectivity index (χ0v) is 9.54. The number of allylic oxidation sites excluding steroid dienone is 1. The summed E-state index contributed by atoms with van der Waals surface area (Å²) in [7, 11) is 2.12. The number of nitrogens with zero attached hydrogens (tertiary/aromatic N) is 1.